The Balaban J connectivity index is 1.53. The van der Waals surface area contributed by atoms with Crippen molar-refractivity contribution >= 4 is 16.9 Å². The third-order valence-electron chi connectivity index (χ3n) is 4.28. The molecule has 122 valence electrons. The molecule has 0 atom stereocenters. The molecule has 6 nitrogen and oxygen atoms in total. The first-order valence-electron chi connectivity index (χ1n) is 7.96. The Morgan fingerprint density at radius 3 is 2.92 bits per heavy atom. The lowest BCUT2D eigenvalue weighted by atomic mass is 10.2. The molecule has 0 radical (unpaired) electrons. The second-order valence-corrected chi connectivity index (χ2v) is 6.13. The Morgan fingerprint density at radius 1 is 1.33 bits per heavy atom. The Bertz CT molecular complexity index is 983. The van der Waals surface area contributed by atoms with Gasteiger partial charge in [0.25, 0.3) is 5.91 Å². The van der Waals surface area contributed by atoms with Crippen LogP contribution in [0.15, 0.2) is 45.6 Å². The van der Waals surface area contributed by atoms with E-state index in [0.29, 0.717) is 11.5 Å². The Morgan fingerprint density at radius 2 is 2.12 bits per heavy atom. The van der Waals surface area contributed by atoms with E-state index in [1.807, 2.05) is 23.9 Å². The monoisotopic (exact) mass is 323 g/mol. The first-order valence-corrected chi connectivity index (χ1v) is 7.96. The average molecular weight is 323 g/mol. The van der Waals surface area contributed by atoms with Crippen LogP contribution in [-0.2, 0) is 13.6 Å². The largest absolute Gasteiger partial charge is 0.422 e. The minimum atomic E-state index is -0.633. The molecular weight excluding hydrogens is 306 g/mol. The van der Waals surface area contributed by atoms with Crippen molar-refractivity contribution in [3.8, 4) is 0 Å². The number of hydrogen-bond donors (Lipinski definition) is 1. The van der Waals surface area contributed by atoms with Crippen molar-refractivity contribution in [2.24, 2.45) is 7.05 Å². The van der Waals surface area contributed by atoms with Crippen molar-refractivity contribution in [3.63, 3.8) is 0 Å². The van der Waals surface area contributed by atoms with Gasteiger partial charge in [-0.2, -0.15) is 5.10 Å². The van der Waals surface area contributed by atoms with Crippen molar-refractivity contribution in [1.82, 2.24) is 15.1 Å². The smallest absolute Gasteiger partial charge is 0.349 e. The molecule has 0 bridgehead atoms. The fourth-order valence-corrected chi connectivity index (χ4v) is 2.88. The number of carbonyl (C=O) groups excluding carboxylic acids is 1. The van der Waals surface area contributed by atoms with Gasteiger partial charge in [0, 0.05) is 24.0 Å². The number of benzene rings is 1. The van der Waals surface area contributed by atoms with Gasteiger partial charge in [-0.1, -0.05) is 18.2 Å². The molecule has 1 amide bonds. The van der Waals surface area contributed by atoms with Crippen LogP contribution in [0.2, 0.25) is 0 Å². The maximum absolute atomic E-state index is 12.3. The minimum absolute atomic E-state index is 0.00653. The summed E-state index contributed by atoms with van der Waals surface area (Å²) in [4.78, 5) is 24.3. The molecule has 3 aromatic rings. The van der Waals surface area contributed by atoms with Crippen LogP contribution in [0.4, 0.5) is 0 Å². The molecule has 24 heavy (non-hydrogen) atoms. The zero-order valence-electron chi connectivity index (χ0n) is 13.3. The molecule has 6 heteroatoms. The number of amides is 1. The molecule has 1 aromatic carbocycles. The molecule has 1 fully saturated rings. The number of para-hydroxylation sites is 1. The van der Waals surface area contributed by atoms with Crippen LogP contribution < -0.4 is 10.9 Å². The molecule has 1 N–H and O–H groups in total. The number of aromatic nitrogens is 2. The minimum Gasteiger partial charge on any atom is -0.422 e. The van der Waals surface area contributed by atoms with E-state index >= 15 is 0 Å². The predicted octanol–water partition coefficient (Wildman–Crippen LogP) is 2.33. The van der Waals surface area contributed by atoms with Crippen molar-refractivity contribution in [3.05, 3.63) is 63.8 Å². The van der Waals surface area contributed by atoms with Gasteiger partial charge in [-0.3, -0.25) is 9.48 Å². The third-order valence-corrected chi connectivity index (χ3v) is 4.28. The van der Waals surface area contributed by atoms with E-state index in [9.17, 15) is 9.59 Å². The van der Waals surface area contributed by atoms with Gasteiger partial charge in [-0.15, -0.1) is 0 Å². The number of hydrogen-bond acceptors (Lipinski definition) is 4. The van der Waals surface area contributed by atoms with E-state index in [1.54, 1.807) is 24.3 Å². The molecule has 0 unspecified atom stereocenters. The number of nitrogens with zero attached hydrogens (tertiary/aromatic N) is 2. The summed E-state index contributed by atoms with van der Waals surface area (Å²) in [5, 5.41) is 7.87. The van der Waals surface area contributed by atoms with E-state index in [2.05, 4.69) is 10.4 Å². The summed E-state index contributed by atoms with van der Waals surface area (Å²) >= 11 is 0. The zero-order valence-corrected chi connectivity index (χ0v) is 13.3. The van der Waals surface area contributed by atoms with E-state index in [0.717, 1.165) is 11.1 Å². The topological polar surface area (TPSA) is 77.1 Å². The lowest BCUT2D eigenvalue weighted by Gasteiger charge is -2.03. The summed E-state index contributed by atoms with van der Waals surface area (Å²) in [6.45, 7) is 0.283. The number of aryl methyl sites for hydroxylation is 1. The van der Waals surface area contributed by atoms with Gasteiger partial charge in [-0.05, 0) is 31.0 Å². The maximum Gasteiger partial charge on any atom is 0.349 e. The van der Waals surface area contributed by atoms with Crippen molar-refractivity contribution in [1.29, 1.82) is 0 Å². The summed E-state index contributed by atoms with van der Waals surface area (Å²) in [7, 11) is 1.91. The molecule has 1 aliphatic rings. The zero-order chi connectivity index (χ0) is 16.7. The predicted molar refractivity (Wildman–Crippen MR) is 88.8 cm³/mol. The molecule has 0 saturated heterocycles. The first kappa shape index (κ1) is 14.7. The standard InChI is InChI=1S/C18H17N3O3/c1-21-15(11-6-7-11)9-13(20-21)10-19-17(22)14-8-12-4-2-3-5-16(12)24-18(14)23/h2-5,8-9,11H,6-7,10H2,1H3,(H,19,22). The lowest BCUT2D eigenvalue weighted by Crippen LogP contribution is -2.28. The number of carbonyl (C=O) groups is 1. The summed E-state index contributed by atoms with van der Waals surface area (Å²) in [6, 6.07) is 10.7. The van der Waals surface area contributed by atoms with Crippen LogP contribution in [-0.4, -0.2) is 15.7 Å². The Labute approximate surface area is 138 Å². The van der Waals surface area contributed by atoms with E-state index in [1.165, 1.54) is 18.5 Å². The number of nitrogens with one attached hydrogen (secondary N) is 1. The highest BCUT2D eigenvalue weighted by molar-refractivity contribution is 5.96. The molecule has 0 aliphatic heterocycles. The van der Waals surface area contributed by atoms with Gasteiger partial charge in [0.15, 0.2) is 0 Å². The van der Waals surface area contributed by atoms with Gasteiger partial charge in [0.2, 0.25) is 0 Å². The van der Waals surface area contributed by atoms with Crippen LogP contribution in [0.1, 0.15) is 40.5 Å². The van der Waals surface area contributed by atoms with Gasteiger partial charge in [0.05, 0.1) is 12.2 Å². The summed E-state index contributed by atoms with van der Waals surface area (Å²) < 4.78 is 7.06. The fraction of sp³-hybridized carbons (Fsp3) is 0.278. The second-order valence-electron chi connectivity index (χ2n) is 6.13. The lowest BCUT2D eigenvalue weighted by molar-refractivity contribution is 0.0947. The fourth-order valence-electron chi connectivity index (χ4n) is 2.88. The summed E-state index contributed by atoms with van der Waals surface area (Å²) in [6.07, 6.45) is 2.40. The Hall–Kier alpha value is -2.89. The quantitative estimate of drug-likeness (QED) is 0.748. The average Bonchev–Trinajstić information content (AvgIpc) is 3.35. The van der Waals surface area contributed by atoms with Crippen LogP contribution in [0.3, 0.4) is 0 Å². The van der Waals surface area contributed by atoms with Gasteiger partial charge in [0.1, 0.15) is 11.1 Å². The van der Waals surface area contributed by atoms with Crippen LogP contribution in [0.25, 0.3) is 11.0 Å². The number of fused-ring (bicyclic) bond motifs is 1. The number of rotatable bonds is 4. The van der Waals surface area contributed by atoms with Crippen molar-refractivity contribution < 1.29 is 9.21 Å². The first-order chi connectivity index (χ1) is 11.6. The van der Waals surface area contributed by atoms with E-state index in [-0.39, 0.29) is 12.1 Å². The van der Waals surface area contributed by atoms with Crippen molar-refractivity contribution in [2.45, 2.75) is 25.3 Å². The molecule has 2 aromatic heterocycles. The SMILES string of the molecule is Cn1nc(CNC(=O)c2cc3ccccc3oc2=O)cc1C1CC1. The maximum atomic E-state index is 12.3. The van der Waals surface area contributed by atoms with Crippen LogP contribution in [0.5, 0.6) is 0 Å². The highest BCUT2D eigenvalue weighted by Crippen LogP contribution is 2.39. The third kappa shape index (κ3) is 2.71. The van der Waals surface area contributed by atoms with Crippen molar-refractivity contribution in [2.75, 3.05) is 0 Å². The normalized spacial score (nSPS) is 14.0. The molecule has 0 spiro atoms. The molecule has 4 rings (SSSR count). The second kappa shape index (κ2) is 5.63. The highest BCUT2D eigenvalue weighted by Gasteiger charge is 2.27. The highest BCUT2D eigenvalue weighted by atomic mass is 16.4. The van der Waals surface area contributed by atoms with Gasteiger partial charge in [-0.25, -0.2) is 4.79 Å². The van der Waals surface area contributed by atoms with E-state index < -0.39 is 11.5 Å². The molecular formula is C18H17N3O3. The molecule has 1 aliphatic carbocycles. The Kier molecular flexibility index (Phi) is 3.45. The summed E-state index contributed by atoms with van der Waals surface area (Å²) in [5.74, 6) is 0.146. The van der Waals surface area contributed by atoms with Crippen LogP contribution >= 0.6 is 0 Å². The van der Waals surface area contributed by atoms with Crippen LogP contribution in [0, 0.1) is 0 Å². The summed E-state index contributed by atoms with van der Waals surface area (Å²) in [5.41, 5.74) is 1.83. The molecule has 1 saturated carbocycles. The molecule has 2 heterocycles. The van der Waals surface area contributed by atoms with E-state index in [4.69, 9.17) is 4.42 Å². The van der Waals surface area contributed by atoms with Gasteiger partial charge >= 0.3 is 5.63 Å². The van der Waals surface area contributed by atoms with Gasteiger partial charge < -0.3 is 9.73 Å².